The molecule has 0 bridgehead atoms. The monoisotopic (exact) mass is 495 g/mol. The fourth-order valence-electron chi connectivity index (χ4n) is 6.24. The van der Waals surface area contributed by atoms with Crippen LogP contribution in [0.15, 0.2) is 60.8 Å². The lowest BCUT2D eigenvalue weighted by atomic mass is 9.69. The van der Waals surface area contributed by atoms with E-state index in [1.807, 2.05) is 12.3 Å². The molecule has 1 heterocycles. The van der Waals surface area contributed by atoms with Crippen LogP contribution in [0.3, 0.4) is 0 Å². The number of aromatic nitrogens is 1. The van der Waals surface area contributed by atoms with E-state index in [4.69, 9.17) is 4.98 Å². The zero-order chi connectivity index (χ0) is 26.5. The first-order valence-electron chi connectivity index (χ1n) is 14.4. The molecule has 2 nitrogen and oxygen atoms in total. The lowest BCUT2D eigenvalue weighted by Gasteiger charge is -2.34. The topological polar surface area (TPSA) is 33.1 Å². The van der Waals surface area contributed by atoms with Crippen LogP contribution < -0.4 is 0 Å². The first-order valence-corrected chi connectivity index (χ1v) is 14.4. The van der Waals surface area contributed by atoms with E-state index in [-0.39, 0.29) is 5.41 Å². The zero-order valence-electron chi connectivity index (χ0n) is 23.6. The molecule has 1 aliphatic rings. The molecule has 0 saturated heterocycles. The fourth-order valence-corrected chi connectivity index (χ4v) is 6.24. The molecule has 0 amide bonds. The Morgan fingerprint density at radius 3 is 2.11 bits per heavy atom. The lowest BCUT2D eigenvalue weighted by molar-refractivity contribution is 0.0521. The van der Waals surface area contributed by atoms with Crippen LogP contribution in [0.2, 0.25) is 0 Å². The summed E-state index contributed by atoms with van der Waals surface area (Å²) in [5.74, 6) is 0. The second-order valence-electron chi connectivity index (χ2n) is 11.2. The molecule has 2 aromatic carbocycles. The Morgan fingerprint density at radius 2 is 1.54 bits per heavy atom. The highest BCUT2D eigenvalue weighted by molar-refractivity contribution is 5.65. The fraction of sp³-hybridized carbons (Fsp3) is 0.457. The Hall–Kier alpha value is -2.71. The van der Waals surface area contributed by atoms with Crippen LogP contribution >= 0.6 is 0 Å². The molecule has 0 atom stereocenters. The molecule has 1 N–H and O–H groups in total. The van der Waals surface area contributed by atoms with Crippen molar-refractivity contribution >= 4 is 6.08 Å². The molecule has 2 heteroatoms. The van der Waals surface area contributed by atoms with Crippen molar-refractivity contribution in [2.75, 3.05) is 0 Å². The third-order valence-electron chi connectivity index (χ3n) is 8.74. The van der Waals surface area contributed by atoms with Gasteiger partial charge >= 0.3 is 0 Å². The van der Waals surface area contributed by atoms with Crippen molar-refractivity contribution in [1.82, 2.24) is 4.98 Å². The highest BCUT2D eigenvalue weighted by Gasteiger charge is 2.31. The summed E-state index contributed by atoms with van der Waals surface area (Å²) in [5.41, 5.74) is 9.39. The summed E-state index contributed by atoms with van der Waals surface area (Å²) < 4.78 is 0. The van der Waals surface area contributed by atoms with Crippen molar-refractivity contribution < 1.29 is 5.11 Å². The Bertz CT molecular complexity index is 1210. The van der Waals surface area contributed by atoms with Crippen LogP contribution in [0, 0.1) is 13.8 Å². The van der Waals surface area contributed by atoms with Gasteiger partial charge in [0, 0.05) is 17.2 Å². The Balaban J connectivity index is 1.63. The minimum absolute atomic E-state index is 0.0315. The molecular weight excluding hydrogens is 450 g/mol. The van der Waals surface area contributed by atoms with Crippen LogP contribution in [0.4, 0.5) is 0 Å². The molecule has 0 radical (unpaired) electrons. The van der Waals surface area contributed by atoms with Gasteiger partial charge < -0.3 is 5.11 Å². The van der Waals surface area contributed by atoms with E-state index in [1.54, 1.807) is 0 Å². The van der Waals surface area contributed by atoms with E-state index in [2.05, 4.69) is 89.2 Å². The molecule has 0 unspecified atom stereocenters. The standard InChI is InChI=1S/C35H45NO/c1-6-12-28-13-18-33(36-25-28)32-17-16-31(24-27(32)5)35(7-2,8-3)30-15-14-29(26(4)23-30)19-22-34(37)20-10-9-11-21-34/h13-19,22-25,37H,6-12,20-21H2,1-5H3. The number of rotatable bonds is 9. The maximum Gasteiger partial charge on any atom is 0.0830 e. The lowest BCUT2D eigenvalue weighted by Crippen LogP contribution is -2.28. The average molecular weight is 496 g/mol. The molecule has 3 aromatic rings. The summed E-state index contributed by atoms with van der Waals surface area (Å²) in [6, 6.07) is 18.3. The zero-order valence-corrected chi connectivity index (χ0v) is 23.6. The molecule has 1 saturated carbocycles. The largest absolute Gasteiger partial charge is 0.386 e. The number of benzene rings is 2. The van der Waals surface area contributed by atoms with Gasteiger partial charge in [-0.05, 0) is 85.4 Å². The number of hydrogen-bond donors (Lipinski definition) is 1. The maximum absolute atomic E-state index is 10.9. The molecule has 0 spiro atoms. The van der Waals surface area contributed by atoms with Crippen LogP contribution in [0.5, 0.6) is 0 Å². The van der Waals surface area contributed by atoms with Crippen molar-refractivity contribution in [1.29, 1.82) is 0 Å². The number of pyridine rings is 1. The van der Waals surface area contributed by atoms with Gasteiger partial charge in [-0.3, -0.25) is 4.98 Å². The third-order valence-corrected chi connectivity index (χ3v) is 8.74. The van der Waals surface area contributed by atoms with Crippen molar-refractivity contribution in [2.24, 2.45) is 0 Å². The van der Waals surface area contributed by atoms with Crippen molar-refractivity contribution in [3.05, 3.63) is 94.2 Å². The smallest absolute Gasteiger partial charge is 0.0830 e. The number of nitrogens with zero attached hydrogens (tertiary/aromatic N) is 1. The number of aryl methyl sites for hydroxylation is 3. The van der Waals surface area contributed by atoms with E-state index in [1.165, 1.54) is 45.4 Å². The summed E-state index contributed by atoms with van der Waals surface area (Å²) in [6.45, 7) is 11.2. The van der Waals surface area contributed by atoms with Gasteiger partial charge in [-0.25, -0.2) is 0 Å². The van der Waals surface area contributed by atoms with E-state index in [0.717, 1.165) is 57.1 Å². The summed E-state index contributed by atoms with van der Waals surface area (Å²) in [5, 5.41) is 10.9. The third kappa shape index (κ3) is 5.91. The van der Waals surface area contributed by atoms with Crippen LogP contribution in [0.1, 0.15) is 106 Å². The molecule has 1 aromatic heterocycles. The van der Waals surface area contributed by atoms with Crippen LogP contribution in [-0.2, 0) is 11.8 Å². The number of hydrogen-bond acceptors (Lipinski definition) is 2. The minimum Gasteiger partial charge on any atom is -0.386 e. The van der Waals surface area contributed by atoms with E-state index in [0.29, 0.717) is 0 Å². The molecule has 196 valence electrons. The SMILES string of the molecule is CCCc1ccc(-c2ccc(C(CC)(CC)c3ccc(C=CC4(O)CCCCC4)c(C)c3)cc2C)nc1. The Morgan fingerprint density at radius 1 is 0.865 bits per heavy atom. The highest BCUT2D eigenvalue weighted by Crippen LogP contribution is 2.41. The molecule has 1 fully saturated rings. The normalized spacial score (nSPS) is 15.8. The first-order chi connectivity index (χ1) is 17.8. The van der Waals surface area contributed by atoms with Crippen molar-refractivity contribution in [2.45, 2.75) is 103 Å². The predicted molar refractivity (Wildman–Crippen MR) is 158 cm³/mol. The Kier molecular flexibility index (Phi) is 8.70. The minimum atomic E-state index is -0.635. The van der Waals surface area contributed by atoms with Gasteiger partial charge in [0.1, 0.15) is 0 Å². The summed E-state index contributed by atoms with van der Waals surface area (Å²) in [4.78, 5) is 4.77. The molecule has 1 aliphatic carbocycles. The molecule has 37 heavy (non-hydrogen) atoms. The molecule has 0 aliphatic heterocycles. The summed E-state index contributed by atoms with van der Waals surface area (Å²) in [6.07, 6.45) is 15.8. The molecular formula is C35H45NO. The highest BCUT2D eigenvalue weighted by atomic mass is 16.3. The van der Waals surface area contributed by atoms with Gasteiger partial charge in [-0.15, -0.1) is 0 Å². The van der Waals surface area contributed by atoms with E-state index < -0.39 is 5.60 Å². The van der Waals surface area contributed by atoms with Crippen LogP contribution in [0.25, 0.3) is 17.3 Å². The summed E-state index contributed by atoms with van der Waals surface area (Å²) in [7, 11) is 0. The van der Waals surface area contributed by atoms with Gasteiger partial charge in [-0.1, -0.05) is 101 Å². The van der Waals surface area contributed by atoms with Gasteiger partial charge in [-0.2, -0.15) is 0 Å². The molecule has 4 rings (SSSR count). The van der Waals surface area contributed by atoms with Gasteiger partial charge in [0.15, 0.2) is 0 Å². The Labute approximate surface area is 224 Å². The predicted octanol–water partition coefficient (Wildman–Crippen LogP) is 9.13. The van der Waals surface area contributed by atoms with E-state index >= 15 is 0 Å². The first kappa shape index (κ1) is 27.3. The second kappa shape index (κ2) is 11.8. The van der Waals surface area contributed by atoms with Crippen LogP contribution in [-0.4, -0.2) is 15.7 Å². The average Bonchev–Trinajstić information content (AvgIpc) is 2.90. The number of aliphatic hydroxyl groups is 1. The maximum atomic E-state index is 10.9. The van der Waals surface area contributed by atoms with Crippen molar-refractivity contribution in [3.63, 3.8) is 0 Å². The van der Waals surface area contributed by atoms with Crippen molar-refractivity contribution in [3.8, 4) is 11.3 Å². The van der Waals surface area contributed by atoms with E-state index in [9.17, 15) is 5.11 Å². The quantitative estimate of drug-likeness (QED) is 0.321. The van der Waals surface area contributed by atoms with Gasteiger partial charge in [0.2, 0.25) is 0 Å². The summed E-state index contributed by atoms with van der Waals surface area (Å²) >= 11 is 0. The van der Waals surface area contributed by atoms with Gasteiger partial charge in [0.05, 0.1) is 11.3 Å². The second-order valence-corrected chi connectivity index (χ2v) is 11.2. The van der Waals surface area contributed by atoms with Gasteiger partial charge in [0.25, 0.3) is 0 Å².